The van der Waals surface area contributed by atoms with E-state index in [1.54, 1.807) is 36.4 Å². The molecule has 202 valence electrons. The van der Waals surface area contributed by atoms with Gasteiger partial charge >= 0.3 is 11.9 Å². The van der Waals surface area contributed by atoms with Gasteiger partial charge in [0.15, 0.2) is 0 Å². The Labute approximate surface area is 231 Å². The first-order chi connectivity index (χ1) is 18.1. The zero-order chi connectivity index (χ0) is 27.7. The van der Waals surface area contributed by atoms with Crippen molar-refractivity contribution in [1.82, 2.24) is 4.98 Å². The lowest BCUT2D eigenvalue weighted by Crippen LogP contribution is -2.27. The summed E-state index contributed by atoms with van der Waals surface area (Å²) in [6, 6.07) is 15.6. The van der Waals surface area contributed by atoms with Gasteiger partial charge in [0.25, 0.3) is 0 Å². The molecule has 0 saturated heterocycles. The van der Waals surface area contributed by atoms with Crippen molar-refractivity contribution < 1.29 is 29.3 Å². The third-order valence-electron chi connectivity index (χ3n) is 5.57. The van der Waals surface area contributed by atoms with Gasteiger partial charge in [-0.2, -0.15) is 0 Å². The highest BCUT2D eigenvalue weighted by atomic mass is 35.5. The highest BCUT2D eigenvalue weighted by Gasteiger charge is 2.11. The molecular formula is C27H29Cl2N3O6. The van der Waals surface area contributed by atoms with Crippen molar-refractivity contribution in [1.29, 1.82) is 0 Å². The molecule has 0 aliphatic carbocycles. The Morgan fingerprint density at radius 3 is 1.55 bits per heavy atom. The molecule has 0 unspecified atom stereocenters. The molecule has 2 aromatic carbocycles. The lowest BCUT2D eigenvalue weighted by atomic mass is 10.1. The van der Waals surface area contributed by atoms with E-state index in [0.717, 1.165) is 11.6 Å². The minimum atomic E-state index is -0.919. The fraction of sp³-hybridized carbons (Fsp3) is 0.296. The molecular weight excluding hydrogens is 533 g/mol. The Morgan fingerprint density at radius 2 is 1.18 bits per heavy atom. The zero-order valence-corrected chi connectivity index (χ0v) is 22.6. The second kappa shape index (κ2) is 13.7. The number of carboxylic acids is 2. The molecule has 9 nitrogen and oxygen atoms in total. The van der Waals surface area contributed by atoms with Crippen LogP contribution < -0.4 is 19.3 Å². The molecule has 0 radical (unpaired) electrons. The fourth-order valence-electron chi connectivity index (χ4n) is 3.54. The van der Waals surface area contributed by atoms with E-state index in [1.165, 1.54) is 0 Å². The Bertz CT molecular complexity index is 1180. The lowest BCUT2D eigenvalue weighted by molar-refractivity contribution is -0.137. The van der Waals surface area contributed by atoms with Crippen LogP contribution in [0.4, 0.5) is 11.6 Å². The van der Waals surface area contributed by atoms with Crippen LogP contribution >= 0.6 is 23.2 Å². The van der Waals surface area contributed by atoms with Crippen molar-refractivity contribution >= 4 is 46.8 Å². The Balaban J connectivity index is 1.49. The van der Waals surface area contributed by atoms with Crippen molar-refractivity contribution in [3.05, 3.63) is 75.8 Å². The number of aromatic nitrogens is 1. The normalized spacial score (nSPS) is 10.6. The number of carbonyl (C=O) groups is 2. The first kappa shape index (κ1) is 28.9. The van der Waals surface area contributed by atoms with Crippen LogP contribution in [0.3, 0.4) is 0 Å². The summed E-state index contributed by atoms with van der Waals surface area (Å²) in [5.41, 5.74) is 1.22. The van der Waals surface area contributed by atoms with Crippen molar-refractivity contribution in [3.63, 3.8) is 0 Å². The number of ether oxygens (including phenoxy) is 2. The van der Waals surface area contributed by atoms with Gasteiger partial charge in [0, 0.05) is 14.1 Å². The Hall–Kier alpha value is -3.69. The summed E-state index contributed by atoms with van der Waals surface area (Å²) in [6.45, 7) is 1.81. The van der Waals surface area contributed by atoms with Gasteiger partial charge in [-0.15, -0.1) is 0 Å². The fourth-order valence-corrected chi connectivity index (χ4v) is 4.06. The van der Waals surface area contributed by atoms with Crippen LogP contribution in [0.1, 0.15) is 11.1 Å². The largest absolute Gasteiger partial charge is 0.490 e. The molecule has 1 heterocycles. The number of hydrogen-bond donors (Lipinski definition) is 2. The molecule has 0 aliphatic rings. The maximum atomic E-state index is 10.9. The van der Waals surface area contributed by atoms with Gasteiger partial charge in [0.2, 0.25) is 0 Å². The molecule has 3 aromatic rings. The van der Waals surface area contributed by atoms with Gasteiger partial charge < -0.3 is 29.5 Å². The first-order valence-electron chi connectivity index (χ1n) is 11.8. The number of anilines is 2. The average molecular weight is 562 g/mol. The van der Waals surface area contributed by atoms with E-state index in [4.69, 9.17) is 47.9 Å². The second-order valence-electron chi connectivity index (χ2n) is 8.56. The van der Waals surface area contributed by atoms with E-state index in [9.17, 15) is 9.59 Å². The van der Waals surface area contributed by atoms with Crippen LogP contribution in [0.25, 0.3) is 0 Å². The van der Waals surface area contributed by atoms with Crippen LogP contribution in [0.5, 0.6) is 11.5 Å². The number of benzene rings is 2. The lowest BCUT2D eigenvalue weighted by Gasteiger charge is -2.23. The SMILES string of the molecule is CN(CCOc1ccc(CC(=O)O)cc1Cl)c1cccc(N(C)CCOc2ccc(CC(=O)O)cc2Cl)n1. The number of carboxylic acid groups (broad SMARTS) is 2. The van der Waals surface area contributed by atoms with Gasteiger partial charge in [0.05, 0.1) is 36.0 Å². The van der Waals surface area contributed by atoms with E-state index < -0.39 is 11.9 Å². The summed E-state index contributed by atoms with van der Waals surface area (Å²) < 4.78 is 11.6. The predicted octanol–water partition coefficient (Wildman–Crippen LogP) is 4.67. The van der Waals surface area contributed by atoms with Crippen molar-refractivity contribution in [2.24, 2.45) is 0 Å². The molecule has 11 heteroatoms. The number of rotatable bonds is 14. The Morgan fingerprint density at radius 1 is 0.763 bits per heavy atom. The van der Waals surface area contributed by atoms with Crippen molar-refractivity contribution in [3.8, 4) is 11.5 Å². The van der Waals surface area contributed by atoms with E-state index in [-0.39, 0.29) is 12.8 Å². The van der Waals surface area contributed by atoms with Crippen LogP contribution in [-0.4, -0.2) is 67.5 Å². The summed E-state index contributed by atoms with van der Waals surface area (Å²) in [5, 5.41) is 18.6. The highest BCUT2D eigenvalue weighted by molar-refractivity contribution is 6.32. The van der Waals surface area contributed by atoms with E-state index in [2.05, 4.69) is 0 Å². The maximum absolute atomic E-state index is 10.9. The highest BCUT2D eigenvalue weighted by Crippen LogP contribution is 2.27. The molecule has 0 fully saturated rings. The monoisotopic (exact) mass is 561 g/mol. The summed E-state index contributed by atoms with van der Waals surface area (Å²) in [4.78, 5) is 30.3. The summed E-state index contributed by atoms with van der Waals surface area (Å²) in [6.07, 6.45) is -0.193. The van der Waals surface area contributed by atoms with Crippen molar-refractivity contribution in [2.45, 2.75) is 12.8 Å². The number of aliphatic carboxylic acids is 2. The molecule has 2 N–H and O–H groups in total. The van der Waals surface area contributed by atoms with Gasteiger partial charge in [-0.3, -0.25) is 9.59 Å². The molecule has 38 heavy (non-hydrogen) atoms. The minimum absolute atomic E-state index is 0.0965. The number of hydrogen-bond acceptors (Lipinski definition) is 7. The van der Waals surface area contributed by atoms with Crippen LogP contribution in [-0.2, 0) is 22.4 Å². The molecule has 0 atom stereocenters. The third-order valence-corrected chi connectivity index (χ3v) is 6.16. The van der Waals surface area contributed by atoms with Crippen LogP contribution in [0.15, 0.2) is 54.6 Å². The van der Waals surface area contributed by atoms with E-state index in [0.29, 0.717) is 59.0 Å². The molecule has 0 spiro atoms. The third kappa shape index (κ3) is 8.71. The predicted molar refractivity (Wildman–Crippen MR) is 147 cm³/mol. The molecule has 0 aliphatic heterocycles. The smallest absolute Gasteiger partial charge is 0.307 e. The molecule has 3 rings (SSSR count). The zero-order valence-electron chi connectivity index (χ0n) is 21.1. The number of halogens is 2. The topological polar surface area (TPSA) is 112 Å². The minimum Gasteiger partial charge on any atom is -0.490 e. The number of pyridine rings is 1. The molecule has 0 amide bonds. The van der Waals surface area contributed by atoms with Crippen LogP contribution in [0, 0.1) is 0 Å². The van der Waals surface area contributed by atoms with E-state index in [1.807, 2.05) is 42.1 Å². The number of nitrogens with zero attached hydrogens (tertiary/aromatic N) is 3. The van der Waals surface area contributed by atoms with Gasteiger partial charge in [-0.1, -0.05) is 41.4 Å². The quantitative estimate of drug-likeness (QED) is 0.289. The van der Waals surface area contributed by atoms with Crippen LogP contribution in [0.2, 0.25) is 10.0 Å². The maximum Gasteiger partial charge on any atom is 0.307 e. The summed E-state index contributed by atoms with van der Waals surface area (Å²) >= 11 is 12.5. The van der Waals surface area contributed by atoms with E-state index >= 15 is 0 Å². The summed E-state index contributed by atoms with van der Waals surface area (Å²) in [7, 11) is 3.82. The number of likely N-dealkylation sites (N-methyl/N-ethyl adjacent to an activating group) is 2. The molecule has 0 bridgehead atoms. The van der Waals surface area contributed by atoms with Gasteiger partial charge in [0.1, 0.15) is 36.3 Å². The molecule has 1 aromatic heterocycles. The Kier molecular flexibility index (Phi) is 10.4. The van der Waals surface area contributed by atoms with Gasteiger partial charge in [-0.25, -0.2) is 4.98 Å². The van der Waals surface area contributed by atoms with Gasteiger partial charge in [-0.05, 0) is 47.5 Å². The standard InChI is InChI=1S/C27H29Cl2N3O6/c1-31(10-12-37-22-8-6-18(14-20(22)28)16-26(33)34)24-4-3-5-25(30-24)32(2)11-13-38-23-9-7-19(15-21(23)29)17-27(35)36/h3-9,14-15H,10-13,16-17H2,1-2H3,(H,33,34)(H,35,36). The molecule has 0 saturated carbocycles. The average Bonchev–Trinajstić information content (AvgIpc) is 2.86. The second-order valence-corrected chi connectivity index (χ2v) is 9.38. The summed E-state index contributed by atoms with van der Waals surface area (Å²) in [5.74, 6) is 0.674. The van der Waals surface area contributed by atoms with Crippen molar-refractivity contribution in [2.75, 3.05) is 50.2 Å². The first-order valence-corrected chi connectivity index (χ1v) is 12.5.